The van der Waals surface area contributed by atoms with Crippen LogP contribution in [-0.4, -0.2) is 56.0 Å². The molecule has 1 aliphatic heterocycles. The molecule has 1 saturated carbocycles. The van der Waals surface area contributed by atoms with E-state index in [-0.39, 0.29) is 17.4 Å². The molecule has 3 unspecified atom stereocenters. The molecular weight excluding hydrogens is 362 g/mol. The van der Waals surface area contributed by atoms with Crippen LogP contribution >= 0.6 is 0 Å². The lowest BCUT2D eigenvalue weighted by atomic mass is 9.75. The maximum atomic E-state index is 12.1. The Balaban J connectivity index is 1.69. The molecule has 160 valence electrons. The van der Waals surface area contributed by atoms with Crippen molar-refractivity contribution in [1.82, 2.24) is 15.5 Å². The molecule has 6 heteroatoms. The van der Waals surface area contributed by atoms with Gasteiger partial charge >= 0.3 is 0 Å². The van der Waals surface area contributed by atoms with Gasteiger partial charge in [-0.25, -0.2) is 0 Å². The van der Waals surface area contributed by atoms with Gasteiger partial charge in [-0.05, 0) is 51.4 Å². The molecule has 2 aliphatic rings. The molecule has 1 heterocycles. The topological polar surface area (TPSA) is 68.8 Å². The van der Waals surface area contributed by atoms with Crippen LogP contribution in [0.5, 0.6) is 0 Å². The second kappa shape index (κ2) is 9.61. The van der Waals surface area contributed by atoms with E-state index in [1.807, 2.05) is 18.2 Å². The van der Waals surface area contributed by atoms with Crippen LogP contribution in [0, 0.1) is 5.92 Å². The van der Waals surface area contributed by atoms with E-state index < -0.39 is 0 Å². The predicted octanol–water partition coefficient (Wildman–Crippen LogP) is 3.18. The van der Waals surface area contributed by atoms with Gasteiger partial charge in [-0.1, -0.05) is 38.0 Å². The summed E-state index contributed by atoms with van der Waals surface area (Å²) in [7, 11) is 4.37. The highest BCUT2D eigenvalue weighted by Gasteiger charge is 2.37. The second-order valence-electron chi connectivity index (χ2n) is 8.93. The molecule has 0 radical (unpaired) electrons. The van der Waals surface area contributed by atoms with Gasteiger partial charge in [0.1, 0.15) is 0 Å². The highest BCUT2D eigenvalue weighted by molar-refractivity contribution is 5.94. The Morgan fingerprint density at radius 3 is 2.83 bits per heavy atom. The molecule has 1 fully saturated rings. The lowest BCUT2D eigenvalue weighted by Gasteiger charge is -2.44. The Bertz CT molecular complexity index is 732. The van der Waals surface area contributed by atoms with Crippen LogP contribution < -0.4 is 16.0 Å². The van der Waals surface area contributed by atoms with E-state index in [4.69, 9.17) is 4.99 Å². The van der Waals surface area contributed by atoms with Crippen LogP contribution in [0.15, 0.2) is 29.3 Å². The minimum Gasteiger partial charge on any atom is -0.357 e. The van der Waals surface area contributed by atoms with Gasteiger partial charge in [0.15, 0.2) is 5.96 Å². The average molecular weight is 400 g/mol. The van der Waals surface area contributed by atoms with E-state index in [9.17, 15) is 4.79 Å². The lowest BCUT2D eigenvalue weighted by Crippen LogP contribution is -2.51. The fourth-order valence-electron chi connectivity index (χ4n) is 4.80. The van der Waals surface area contributed by atoms with Crippen LogP contribution in [0.25, 0.3) is 0 Å². The number of hydrogen-bond donors (Lipinski definition) is 3. The number of carbonyl (C=O) groups is 1. The van der Waals surface area contributed by atoms with Crippen molar-refractivity contribution in [3.05, 3.63) is 29.8 Å². The normalized spacial score (nSPS) is 27.3. The summed E-state index contributed by atoms with van der Waals surface area (Å²) in [6.45, 7) is 6.75. The molecule has 3 N–H and O–H groups in total. The Morgan fingerprint density at radius 2 is 2.10 bits per heavy atom. The number of fused-ring (bicyclic) bond motifs is 1. The third-order valence-corrected chi connectivity index (χ3v) is 6.51. The van der Waals surface area contributed by atoms with Gasteiger partial charge in [-0.3, -0.25) is 9.79 Å². The molecule has 3 atom stereocenters. The zero-order chi connectivity index (χ0) is 20.9. The van der Waals surface area contributed by atoms with Crippen molar-refractivity contribution in [3.63, 3.8) is 0 Å². The van der Waals surface area contributed by atoms with Crippen molar-refractivity contribution in [1.29, 1.82) is 0 Å². The molecule has 1 aromatic rings. The van der Waals surface area contributed by atoms with Crippen molar-refractivity contribution in [2.24, 2.45) is 10.9 Å². The lowest BCUT2D eigenvalue weighted by molar-refractivity contribution is -0.116. The average Bonchev–Trinajstić information content (AvgIpc) is 2.69. The van der Waals surface area contributed by atoms with E-state index >= 15 is 0 Å². The summed E-state index contributed by atoms with van der Waals surface area (Å²) in [5, 5.41) is 9.86. The van der Waals surface area contributed by atoms with E-state index in [1.54, 1.807) is 0 Å². The zero-order valence-electron chi connectivity index (χ0n) is 18.4. The third kappa shape index (κ3) is 5.30. The number of guanidine groups is 1. The third-order valence-electron chi connectivity index (χ3n) is 6.51. The first-order chi connectivity index (χ1) is 13.9. The molecule has 0 spiro atoms. The quantitative estimate of drug-likeness (QED) is 0.508. The molecule has 29 heavy (non-hydrogen) atoms. The number of aliphatic imine (C=N–C) groups is 1. The number of rotatable bonds is 6. The SMILES string of the molecule is CCNC(=NCC1(N(C)C)CCCC(C)C1)NCC1CC(=O)Nc2ccccc21. The van der Waals surface area contributed by atoms with Crippen LogP contribution in [0.4, 0.5) is 5.69 Å². The van der Waals surface area contributed by atoms with Crippen molar-refractivity contribution in [2.75, 3.05) is 39.0 Å². The van der Waals surface area contributed by atoms with Gasteiger partial charge in [0.2, 0.25) is 5.91 Å². The zero-order valence-corrected chi connectivity index (χ0v) is 18.4. The van der Waals surface area contributed by atoms with Gasteiger partial charge in [0, 0.05) is 36.7 Å². The standard InChI is InChI=1S/C23H37N5O/c1-5-24-22(26-16-23(28(3)4)12-8-9-17(2)14-23)25-15-18-13-21(29)27-20-11-7-6-10-19(18)20/h6-7,10-11,17-18H,5,8-9,12-16H2,1-4H3,(H,27,29)(H2,24,25,26). The summed E-state index contributed by atoms with van der Waals surface area (Å²) in [4.78, 5) is 19.4. The second-order valence-corrected chi connectivity index (χ2v) is 8.93. The molecule has 1 aliphatic carbocycles. The van der Waals surface area contributed by atoms with Gasteiger partial charge in [-0.15, -0.1) is 0 Å². The number of para-hydroxylation sites is 1. The van der Waals surface area contributed by atoms with Crippen molar-refractivity contribution in [2.45, 2.75) is 57.4 Å². The van der Waals surface area contributed by atoms with E-state index in [2.05, 4.69) is 54.9 Å². The molecule has 3 rings (SSSR count). The molecule has 0 bridgehead atoms. The molecule has 6 nitrogen and oxygen atoms in total. The van der Waals surface area contributed by atoms with Crippen molar-refractivity contribution in [3.8, 4) is 0 Å². The summed E-state index contributed by atoms with van der Waals surface area (Å²) < 4.78 is 0. The fraction of sp³-hybridized carbons (Fsp3) is 0.652. The molecule has 1 aromatic carbocycles. The number of carbonyl (C=O) groups excluding carboxylic acids is 1. The van der Waals surface area contributed by atoms with Gasteiger partial charge in [0.05, 0.1) is 6.54 Å². The molecule has 0 saturated heterocycles. The number of anilines is 1. The van der Waals surface area contributed by atoms with Gasteiger partial charge < -0.3 is 20.9 Å². The monoisotopic (exact) mass is 399 g/mol. The van der Waals surface area contributed by atoms with Crippen LogP contribution in [0.1, 0.15) is 57.4 Å². The number of nitrogens with zero attached hydrogens (tertiary/aromatic N) is 2. The summed E-state index contributed by atoms with van der Waals surface area (Å²) >= 11 is 0. The van der Waals surface area contributed by atoms with Crippen LogP contribution in [0.2, 0.25) is 0 Å². The van der Waals surface area contributed by atoms with Gasteiger partial charge in [0.25, 0.3) is 0 Å². The van der Waals surface area contributed by atoms with Crippen LogP contribution in [-0.2, 0) is 4.79 Å². The minimum absolute atomic E-state index is 0.0835. The van der Waals surface area contributed by atoms with Crippen molar-refractivity contribution < 1.29 is 4.79 Å². The first kappa shape index (κ1) is 21.6. The first-order valence-corrected chi connectivity index (χ1v) is 11.0. The maximum Gasteiger partial charge on any atom is 0.225 e. The summed E-state index contributed by atoms with van der Waals surface area (Å²) in [6.07, 6.45) is 5.48. The Hall–Kier alpha value is -2.08. The number of hydrogen-bond acceptors (Lipinski definition) is 3. The van der Waals surface area contributed by atoms with Gasteiger partial charge in [-0.2, -0.15) is 0 Å². The highest BCUT2D eigenvalue weighted by atomic mass is 16.1. The number of nitrogens with one attached hydrogen (secondary N) is 3. The molecule has 1 amide bonds. The molecule has 0 aromatic heterocycles. The highest BCUT2D eigenvalue weighted by Crippen LogP contribution is 2.36. The van der Waals surface area contributed by atoms with E-state index in [0.717, 1.165) is 30.7 Å². The number of benzene rings is 1. The summed E-state index contributed by atoms with van der Waals surface area (Å²) in [5.74, 6) is 1.83. The summed E-state index contributed by atoms with van der Waals surface area (Å²) in [6, 6.07) is 8.08. The van der Waals surface area contributed by atoms with Crippen LogP contribution in [0.3, 0.4) is 0 Å². The minimum atomic E-state index is 0.0835. The van der Waals surface area contributed by atoms with Crippen molar-refractivity contribution >= 4 is 17.6 Å². The smallest absolute Gasteiger partial charge is 0.225 e. The Morgan fingerprint density at radius 1 is 1.31 bits per heavy atom. The van der Waals surface area contributed by atoms with E-state index in [1.165, 1.54) is 31.2 Å². The largest absolute Gasteiger partial charge is 0.357 e. The fourth-order valence-corrected chi connectivity index (χ4v) is 4.80. The predicted molar refractivity (Wildman–Crippen MR) is 120 cm³/mol. The van der Waals surface area contributed by atoms with E-state index in [0.29, 0.717) is 13.0 Å². The first-order valence-electron chi connectivity index (χ1n) is 11.0. The summed E-state index contributed by atoms with van der Waals surface area (Å²) in [5.41, 5.74) is 2.26. The number of amides is 1. The Kier molecular flexibility index (Phi) is 7.17. The molecular formula is C23H37N5O. The number of likely N-dealkylation sites (N-methyl/N-ethyl adjacent to an activating group) is 1. The maximum absolute atomic E-state index is 12.1. The Labute approximate surface area is 175 Å².